The third-order valence-electron chi connectivity index (χ3n) is 3.41. The molecule has 116 valence electrons. The Morgan fingerprint density at radius 1 is 1.22 bits per heavy atom. The highest BCUT2D eigenvalue weighted by Gasteiger charge is 2.38. The third-order valence-corrected chi connectivity index (χ3v) is 3.71. The number of alkyl halides is 3. The van der Waals surface area contributed by atoms with Crippen LogP contribution in [0.3, 0.4) is 0 Å². The first kappa shape index (κ1) is 14.0. The van der Waals surface area contributed by atoms with Crippen LogP contribution in [0, 0.1) is 0 Å². The molecule has 1 aromatic carbocycles. The number of rotatable bonds is 1. The van der Waals surface area contributed by atoms with Crippen molar-refractivity contribution in [1.82, 2.24) is 24.7 Å². The second-order valence-electron chi connectivity index (χ2n) is 4.88. The smallest absolute Gasteiger partial charge is 0.276 e. The van der Waals surface area contributed by atoms with Gasteiger partial charge in [0.1, 0.15) is 5.52 Å². The third kappa shape index (κ3) is 2.14. The number of H-pyrrole nitrogens is 1. The molecular formula is C14H7ClF3N5. The first-order valence-corrected chi connectivity index (χ1v) is 6.86. The molecule has 0 amide bonds. The van der Waals surface area contributed by atoms with Crippen molar-refractivity contribution in [2.45, 2.75) is 6.18 Å². The molecule has 4 aromatic rings. The van der Waals surface area contributed by atoms with Crippen molar-refractivity contribution in [1.29, 1.82) is 0 Å². The molecule has 5 nitrogen and oxygen atoms in total. The van der Waals surface area contributed by atoms with E-state index in [0.29, 0.717) is 10.9 Å². The van der Waals surface area contributed by atoms with E-state index in [9.17, 15) is 13.2 Å². The van der Waals surface area contributed by atoms with Crippen molar-refractivity contribution >= 4 is 33.7 Å². The summed E-state index contributed by atoms with van der Waals surface area (Å²) in [6, 6.07) is 5.99. The van der Waals surface area contributed by atoms with Gasteiger partial charge in [-0.1, -0.05) is 11.6 Å². The molecule has 0 spiro atoms. The lowest BCUT2D eigenvalue weighted by atomic mass is 10.2. The normalized spacial score (nSPS) is 12.3. The second kappa shape index (κ2) is 4.69. The van der Waals surface area contributed by atoms with Gasteiger partial charge in [0.15, 0.2) is 5.65 Å². The van der Waals surface area contributed by atoms with Crippen molar-refractivity contribution in [3.05, 3.63) is 47.5 Å². The molecule has 0 aliphatic carbocycles. The molecule has 0 aliphatic rings. The van der Waals surface area contributed by atoms with E-state index in [1.165, 1.54) is 30.6 Å². The van der Waals surface area contributed by atoms with Gasteiger partial charge in [-0.2, -0.15) is 18.3 Å². The average Bonchev–Trinajstić information content (AvgIpc) is 3.10. The molecule has 3 heterocycles. The van der Waals surface area contributed by atoms with Crippen LogP contribution in [-0.2, 0) is 6.18 Å². The van der Waals surface area contributed by atoms with Gasteiger partial charge in [0, 0.05) is 11.6 Å². The first-order valence-electron chi connectivity index (χ1n) is 6.49. The van der Waals surface area contributed by atoms with Crippen LogP contribution in [0.25, 0.3) is 27.8 Å². The van der Waals surface area contributed by atoms with Gasteiger partial charge < -0.3 is 0 Å². The minimum Gasteiger partial charge on any atom is -0.276 e. The molecule has 3 aromatic heterocycles. The van der Waals surface area contributed by atoms with Gasteiger partial charge in [-0.15, -0.1) is 0 Å². The van der Waals surface area contributed by atoms with E-state index in [0.717, 1.165) is 4.57 Å². The highest BCUT2D eigenvalue weighted by Crippen LogP contribution is 2.35. The number of aromatic amines is 1. The minimum atomic E-state index is -4.63. The van der Waals surface area contributed by atoms with Gasteiger partial charge in [-0.25, -0.2) is 9.97 Å². The summed E-state index contributed by atoms with van der Waals surface area (Å²) in [5.41, 5.74) is 1.04. The molecule has 1 N–H and O–H groups in total. The lowest BCUT2D eigenvalue weighted by Crippen LogP contribution is -2.14. The monoisotopic (exact) mass is 337 g/mol. The zero-order valence-corrected chi connectivity index (χ0v) is 12.0. The SMILES string of the molecule is FC(F)(F)c1nc2cccnc2n1-c1cc(Cl)c2[nH]ncc2c1. The average molecular weight is 338 g/mol. The zero-order valence-electron chi connectivity index (χ0n) is 11.3. The summed E-state index contributed by atoms with van der Waals surface area (Å²) in [7, 11) is 0. The summed E-state index contributed by atoms with van der Waals surface area (Å²) in [5.74, 6) is -1.05. The van der Waals surface area contributed by atoms with Crippen LogP contribution >= 0.6 is 11.6 Å². The Kier molecular flexibility index (Phi) is 2.86. The maximum Gasteiger partial charge on any atom is 0.450 e. The van der Waals surface area contributed by atoms with Crippen molar-refractivity contribution in [2.24, 2.45) is 0 Å². The Morgan fingerprint density at radius 2 is 2.04 bits per heavy atom. The van der Waals surface area contributed by atoms with E-state index in [4.69, 9.17) is 11.6 Å². The predicted octanol–water partition coefficient (Wildman–Crippen LogP) is 3.97. The minimum absolute atomic E-state index is 0.110. The fourth-order valence-electron chi connectivity index (χ4n) is 2.48. The highest BCUT2D eigenvalue weighted by atomic mass is 35.5. The Bertz CT molecular complexity index is 1030. The molecule has 0 bridgehead atoms. The number of imidazole rings is 1. The summed E-state index contributed by atoms with van der Waals surface area (Å²) < 4.78 is 41.0. The van der Waals surface area contributed by atoms with Crippen LogP contribution in [-0.4, -0.2) is 24.7 Å². The first-order chi connectivity index (χ1) is 10.9. The van der Waals surface area contributed by atoms with E-state index >= 15 is 0 Å². The number of pyridine rings is 1. The van der Waals surface area contributed by atoms with Gasteiger partial charge >= 0.3 is 6.18 Å². The standard InChI is InChI=1S/C14H7ClF3N5/c15-9-5-8(4-7-6-20-22-11(7)9)23-12-10(2-1-3-19-12)21-13(23)14(16,17)18/h1-6H,(H,20,22). The van der Waals surface area contributed by atoms with E-state index in [1.54, 1.807) is 6.07 Å². The number of halogens is 4. The maximum absolute atomic E-state index is 13.4. The Balaban J connectivity index is 2.10. The lowest BCUT2D eigenvalue weighted by Gasteiger charge is -2.11. The summed E-state index contributed by atoms with van der Waals surface area (Å²) in [4.78, 5) is 7.69. The van der Waals surface area contributed by atoms with E-state index < -0.39 is 12.0 Å². The number of fused-ring (bicyclic) bond motifs is 2. The Labute approximate surface area is 131 Å². The van der Waals surface area contributed by atoms with E-state index in [-0.39, 0.29) is 21.9 Å². The fraction of sp³-hybridized carbons (Fsp3) is 0.0714. The van der Waals surface area contributed by atoms with E-state index in [1.807, 2.05) is 0 Å². The zero-order chi connectivity index (χ0) is 16.2. The number of benzene rings is 1. The van der Waals surface area contributed by atoms with Gasteiger partial charge in [-0.05, 0) is 24.3 Å². The van der Waals surface area contributed by atoms with Crippen LogP contribution in [0.4, 0.5) is 13.2 Å². The summed E-state index contributed by atoms with van der Waals surface area (Å²) >= 11 is 6.13. The number of hydrogen-bond acceptors (Lipinski definition) is 3. The van der Waals surface area contributed by atoms with Crippen LogP contribution in [0.15, 0.2) is 36.7 Å². The van der Waals surface area contributed by atoms with Gasteiger partial charge in [-0.3, -0.25) is 9.67 Å². The molecule has 0 saturated carbocycles. The number of hydrogen-bond donors (Lipinski definition) is 1. The van der Waals surface area contributed by atoms with Crippen molar-refractivity contribution in [2.75, 3.05) is 0 Å². The van der Waals surface area contributed by atoms with Gasteiger partial charge in [0.2, 0.25) is 5.82 Å². The van der Waals surface area contributed by atoms with Gasteiger partial charge in [0.25, 0.3) is 0 Å². The molecule has 4 rings (SSSR count). The highest BCUT2D eigenvalue weighted by molar-refractivity contribution is 6.35. The van der Waals surface area contributed by atoms with Crippen LogP contribution in [0.1, 0.15) is 5.82 Å². The molecule has 0 radical (unpaired) electrons. The molecule has 0 fully saturated rings. The van der Waals surface area contributed by atoms with E-state index in [2.05, 4.69) is 20.2 Å². The van der Waals surface area contributed by atoms with Crippen molar-refractivity contribution < 1.29 is 13.2 Å². The summed E-state index contributed by atoms with van der Waals surface area (Å²) in [6.07, 6.45) is -1.72. The number of nitrogens with zero attached hydrogens (tertiary/aromatic N) is 4. The predicted molar refractivity (Wildman–Crippen MR) is 78.5 cm³/mol. The summed E-state index contributed by atoms with van der Waals surface area (Å²) in [5, 5.41) is 7.40. The molecule has 9 heteroatoms. The van der Waals surface area contributed by atoms with Crippen LogP contribution < -0.4 is 0 Å². The quantitative estimate of drug-likeness (QED) is 0.571. The largest absolute Gasteiger partial charge is 0.450 e. The second-order valence-corrected chi connectivity index (χ2v) is 5.28. The molecule has 0 saturated heterocycles. The number of nitrogens with one attached hydrogen (secondary N) is 1. The molecule has 23 heavy (non-hydrogen) atoms. The number of aromatic nitrogens is 5. The van der Waals surface area contributed by atoms with Crippen LogP contribution in [0.5, 0.6) is 0 Å². The topological polar surface area (TPSA) is 59.4 Å². The Hall–Kier alpha value is -2.61. The molecule has 0 atom stereocenters. The summed E-state index contributed by atoms with van der Waals surface area (Å²) in [6.45, 7) is 0. The van der Waals surface area contributed by atoms with Crippen molar-refractivity contribution in [3.8, 4) is 5.69 Å². The Morgan fingerprint density at radius 3 is 2.83 bits per heavy atom. The van der Waals surface area contributed by atoms with Crippen molar-refractivity contribution in [3.63, 3.8) is 0 Å². The molecule has 0 unspecified atom stereocenters. The molecule has 0 aliphatic heterocycles. The lowest BCUT2D eigenvalue weighted by molar-refractivity contribution is -0.145. The van der Waals surface area contributed by atoms with Gasteiger partial charge in [0.05, 0.1) is 22.4 Å². The molecular weight excluding hydrogens is 331 g/mol. The van der Waals surface area contributed by atoms with Crippen LogP contribution in [0.2, 0.25) is 5.02 Å². The maximum atomic E-state index is 13.4. The fourth-order valence-corrected chi connectivity index (χ4v) is 2.74.